The maximum atomic E-state index is 12.3. The summed E-state index contributed by atoms with van der Waals surface area (Å²) in [5.41, 5.74) is -3.10. The molecule has 0 saturated carbocycles. The number of benzene rings is 1. The molecule has 92 valence electrons. The summed E-state index contributed by atoms with van der Waals surface area (Å²) < 4.78 is 74.0. The normalized spacial score (nSPS) is 12.3. The summed E-state index contributed by atoms with van der Waals surface area (Å²) in [5.74, 6) is 0. The molecule has 0 heterocycles. The van der Waals surface area contributed by atoms with E-state index in [1.54, 1.807) is 0 Å². The molecule has 0 aromatic heterocycles. The van der Waals surface area contributed by atoms with Gasteiger partial charge in [0.2, 0.25) is 6.54 Å². The number of nitrogens with zero attached hydrogens (tertiary/aromatic N) is 1. The number of rotatable bonds is 1. The molecule has 0 N–H and O–H groups in total. The van der Waals surface area contributed by atoms with E-state index in [2.05, 4.69) is 4.85 Å². The summed E-state index contributed by atoms with van der Waals surface area (Å²) in [6.07, 6.45) is -9.73. The van der Waals surface area contributed by atoms with Crippen molar-refractivity contribution in [3.05, 3.63) is 46.3 Å². The first-order chi connectivity index (χ1) is 7.64. The van der Waals surface area contributed by atoms with Crippen LogP contribution in [0.25, 0.3) is 4.85 Å². The predicted molar refractivity (Wildman–Crippen MR) is 46.8 cm³/mol. The van der Waals surface area contributed by atoms with E-state index in [1.807, 2.05) is 0 Å². The Balaban J connectivity index is 3.35. The minimum absolute atomic E-state index is 0.0352. The molecular weight excluding hydrogens is 248 g/mol. The van der Waals surface area contributed by atoms with E-state index in [0.717, 1.165) is 0 Å². The van der Waals surface area contributed by atoms with Gasteiger partial charge in [-0.25, -0.2) is 6.57 Å². The molecule has 0 bridgehead atoms. The molecule has 1 nitrogen and oxygen atoms in total. The molecule has 0 fully saturated rings. The lowest BCUT2D eigenvalue weighted by molar-refractivity contribution is -0.143. The number of hydrogen-bond acceptors (Lipinski definition) is 0. The van der Waals surface area contributed by atoms with Crippen molar-refractivity contribution in [3.8, 4) is 0 Å². The molecule has 0 atom stereocenters. The summed E-state index contributed by atoms with van der Waals surface area (Å²) in [6, 6.07) is 1.13. The number of alkyl halides is 6. The largest absolute Gasteiger partial charge is 0.416 e. The number of halogens is 6. The highest BCUT2D eigenvalue weighted by Gasteiger charge is 2.37. The van der Waals surface area contributed by atoms with E-state index in [9.17, 15) is 26.3 Å². The van der Waals surface area contributed by atoms with Gasteiger partial charge in [0.15, 0.2) is 0 Å². The third kappa shape index (κ3) is 3.37. The van der Waals surface area contributed by atoms with E-state index in [0.29, 0.717) is 12.1 Å². The molecule has 0 aliphatic rings. The molecule has 0 amide bonds. The van der Waals surface area contributed by atoms with Crippen molar-refractivity contribution in [3.63, 3.8) is 0 Å². The fraction of sp³-hybridized carbons (Fsp3) is 0.300. The molecule has 0 radical (unpaired) electrons. The van der Waals surface area contributed by atoms with Gasteiger partial charge < -0.3 is 4.85 Å². The zero-order valence-electron chi connectivity index (χ0n) is 8.15. The second-order valence-electron chi connectivity index (χ2n) is 3.23. The molecule has 0 aliphatic heterocycles. The Morgan fingerprint density at radius 3 is 1.59 bits per heavy atom. The maximum Gasteiger partial charge on any atom is 0.416 e. The van der Waals surface area contributed by atoms with Crippen LogP contribution >= 0.6 is 0 Å². The summed E-state index contributed by atoms with van der Waals surface area (Å²) in [4.78, 5) is 2.77. The van der Waals surface area contributed by atoms with Crippen LogP contribution in [0.4, 0.5) is 26.3 Å². The van der Waals surface area contributed by atoms with E-state index in [1.165, 1.54) is 0 Å². The van der Waals surface area contributed by atoms with Gasteiger partial charge in [0, 0.05) is 5.56 Å². The van der Waals surface area contributed by atoms with Crippen molar-refractivity contribution in [2.75, 3.05) is 0 Å². The molecule has 7 heteroatoms. The van der Waals surface area contributed by atoms with Gasteiger partial charge in [-0.3, -0.25) is 0 Å². The van der Waals surface area contributed by atoms with Crippen LogP contribution in [-0.4, -0.2) is 0 Å². The minimum atomic E-state index is -4.86. The first kappa shape index (κ1) is 13.4. The van der Waals surface area contributed by atoms with Crippen molar-refractivity contribution < 1.29 is 26.3 Å². The maximum absolute atomic E-state index is 12.3. The molecule has 0 saturated heterocycles. The first-order valence-electron chi connectivity index (χ1n) is 4.26. The van der Waals surface area contributed by atoms with Crippen LogP contribution in [0.3, 0.4) is 0 Å². The Bertz CT molecular complexity index is 419. The van der Waals surface area contributed by atoms with Crippen molar-refractivity contribution in [1.29, 1.82) is 0 Å². The van der Waals surface area contributed by atoms with Crippen molar-refractivity contribution in [1.82, 2.24) is 0 Å². The van der Waals surface area contributed by atoms with Crippen LogP contribution in [0.1, 0.15) is 16.7 Å². The van der Waals surface area contributed by atoms with Crippen LogP contribution in [0.5, 0.6) is 0 Å². The van der Waals surface area contributed by atoms with Gasteiger partial charge in [-0.1, -0.05) is 0 Å². The Labute approximate surface area is 92.5 Å². The summed E-state index contributed by atoms with van der Waals surface area (Å²) >= 11 is 0. The third-order valence-electron chi connectivity index (χ3n) is 1.91. The molecule has 0 aliphatic carbocycles. The van der Waals surface area contributed by atoms with E-state index in [-0.39, 0.29) is 11.6 Å². The standard InChI is InChI=1S/C10H5F6N/c1-17-5-6-2-7(9(11,12)13)4-8(3-6)10(14,15)16/h2-4H,5H2. The monoisotopic (exact) mass is 253 g/mol. The Kier molecular flexibility index (Phi) is 3.36. The second-order valence-corrected chi connectivity index (χ2v) is 3.23. The van der Waals surface area contributed by atoms with Gasteiger partial charge in [0.1, 0.15) is 0 Å². The fourth-order valence-corrected chi connectivity index (χ4v) is 1.20. The summed E-state index contributed by atoms with van der Waals surface area (Å²) in [7, 11) is 0. The van der Waals surface area contributed by atoms with E-state index >= 15 is 0 Å². The van der Waals surface area contributed by atoms with Crippen LogP contribution in [-0.2, 0) is 18.9 Å². The lowest BCUT2D eigenvalue weighted by atomic mass is 10.0. The summed E-state index contributed by atoms with van der Waals surface area (Å²) in [6.45, 7) is 5.93. The Morgan fingerprint density at radius 1 is 0.882 bits per heavy atom. The molecule has 1 rings (SSSR count). The predicted octanol–water partition coefficient (Wildman–Crippen LogP) is 4.14. The highest BCUT2D eigenvalue weighted by Crippen LogP contribution is 2.36. The van der Waals surface area contributed by atoms with E-state index in [4.69, 9.17) is 6.57 Å². The lowest BCUT2D eigenvalue weighted by Gasteiger charge is -2.12. The molecule has 0 spiro atoms. The van der Waals surface area contributed by atoms with Crippen LogP contribution in [0.2, 0.25) is 0 Å². The van der Waals surface area contributed by atoms with Crippen molar-refractivity contribution in [2.45, 2.75) is 18.9 Å². The zero-order valence-corrected chi connectivity index (χ0v) is 8.15. The molecule has 0 unspecified atom stereocenters. The molecule has 1 aromatic rings. The smallest absolute Gasteiger partial charge is 0.312 e. The van der Waals surface area contributed by atoms with Crippen LogP contribution in [0.15, 0.2) is 18.2 Å². The van der Waals surface area contributed by atoms with Gasteiger partial charge in [0.25, 0.3) is 0 Å². The quantitative estimate of drug-likeness (QED) is 0.523. The van der Waals surface area contributed by atoms with Gasteiger partial charge in [0.05, 0.1) is 11.1 Å². The molecule has 1 aromatic carbocycles. The summed E-state index contributed by atoms with van der Waals surface area (Å²) in [5, 5.41) is 0. The van der Waals surface area contributed by atoms with Gasteiger partial charge >= 0.3 is 12.4 Å². The van der Waals surface area contributed by atoms with Crippen molar-refractivity contribution >= 4 is 0 Å². The average molecular weight is 253 g/mol. The van der Waals surface area contributed by atoms with Crippen LogP contribution < -0.4 is 0 Å². The Morgan fingerprint density at radius 2 is 1.29 bits per heavy atom. The third-order valence-corrected chi connectivity index (χ3v) is 1.91. The zero-order chi connectivity index (χ0) is 13.3. The SMILES string of the molecule is [C-]#[N+]Cc1cc(C(F)(F)F)cc(C(F)(F)F)c1. The average Bonchev–Trinajstić information content (AvgIpc) is 2.15. The van der Waals surface area contributed by atoms with Gasteiger partial charge in [-0.2, -0.15) is 26.3 Å². The Hall–Kier alpha value is -1.71. The minimum Gasteiger partial charge on any atom is -0.312 e. The molecule has 17 heavy (non-hydrogen) atoms. The molecular formula is C10H5F6N. The topological polar surface area (TPSA) is 4.36 Å². The van der Waals surface area contributed by atoms with Crippen molar-refractivity contribution in [2.24, 2.45) is 0 Å². The highest BCUT2D eigenvalue weighted by molar-refractivity contribution is 5.34. The van der Waals surface area contributed by atoms with Crippen LogP contribution in [0, 0.1) is 6.57 Å². The van der Waals surface area contributed by atoms with Gasteiger partial charge in [-0.05, 0) is 18.2 Å². The number of hydrogen-bond donors (Lipinski definition) is 0. The lowest BCUT2D eigenvalue weighted by Crippen LogP contribution is -2.11. The highest BCUT2D eigenvalue weighted by atomic mass is 19.4. The first-order valence-corrected chi connectivity index (χ1v) is 4.26. The van der Waals surface area contributed by atoms with Gasteiger partial charge in [-0.15, -0.1) is 0 Å². The fourth-order valence-electron chi connectivity index (χ4n) is 1.20. The second kappa shape index (κ2) is 4.28. The van der Waals surface area contributed by atoms with E-state index < -0.39 is 30.0 Å².